The maximum Gasteiger partial charge on any atom is 0.255 e. The SMILES string of the molecule is Cc1cc(C)c(NC(=O)c2ccnc(N)c2)c(C)c1. The molecule has 2 aromatic rings. The lowest BCUT2D eigenvalue weighted by atomic mass is 10.0. The van der Waals surface area contributed by atoms with E-state index in [4.69, 9.17) is 5.73 Å². The molecule has 2 rings (SSSR count). The summed E-state index contributed by atoms with van der Waals surface area (Å²) in [6.45, 7) is 6.00. The highest BCUT2D eigenvalue weighted by Gasteiger charge is 2.10. The molecular weight excluding hydrogens is 238 g/mol. The maximum absolute atomic E-state index is 12.2. The van der Waals surface area contributed by atoms with Gasteiger partial charge in [-0.05, 0) is 44.0 Å². The summed E-state index contributed by atoms with van der Waals surface area (Å²) in [6, 6.07) is 7.30. The fraction of sp³-hybridized carbons (Fsp3) is 0.200. The van der Waals surface area contributed by atoms with Crippen molar-refractivity contribution in [1.29, 1.82) is 0 Å². The van der Waals surface area contributed by atoms with Crippen LogP contribution in [-0.2, 0) is 0 Å². The first-order valence-electron chi connectivity index (χ1n) is 6.08. The minimum absolute atomic E-state index is 0.177. The van der Waals surface area contributed by atoms with Gasteiger partial charge in [-0.25, -0.2) is 4.98 Å². The van der Waals surface area contributed by atoms with Gasteiger partial charge in [0, 0.05) is 17.4 Å². The largest absolute Gasteiger partial charge is 0.384 e. The molecule has 0 aliphatic heterocycles. The predicted molar refractivity (Wildman–Crippen MR) is 77.3 cm³/mol. The summed E-state index contributed by atoms with van der Waals surface area (Å²) < 4.78 is 0. The summed E-state index contributed by atoms with van der Waals surface area (Å²) >= 11 is 0. The van der Waals surface area contributed by atoms with Gasteiger partial charge in [-0.15, -0.1) is 0 Å². The van der Waals surface area contributed by atoms with Crippen molar-refractivity contribution < 1.29 is 4.79 Å². The molecule has 4 heteroatoms. The molecule has 0 saturated heterocycles. The number of rotatable bonds is 2. The van der Waals surface area contributed by atoms with Crippen molar-refractivity contribution >= 4 is 17.4 Å². The summed E-state index contributed by atoms with van der Waals surface area (Å²) in [5.74, 6) is 0.161. The molecule has 1 aromatic carbocycles. The van der Waals surface area contributed by atoms with E-state index in [2.05, 4.69) is 10.3 Å². The number of nitrogens with two attached hydrogens (primary N) is 1. The number of aromatic nitrogens is 1. The van der Waals surface area contributed by atoms with E-state index in [1.807, 2.05) is 32.9 Å². The van der Waals surface area contributed by atoms with Crippen molar-refractivity contribution in [2.24, 2.45) is 0 Å². The number of hydrogen-bond donors (Lipinski definition) is 2. The van der Waals surface area contributed by atoms with Gasteiger partial charge in [-0.3, -0.25) is 4.79 Å². The smallest absolute Gasteiger partial charge is 0.255 e. The van der Waals surface area contributed by atoms with Crippen LogP contribution in [0.15, 0.2) is 30.5 Å². The van der Waals surface area contributed by atoms with Gasteiger partial charge in [-0.1, -0.05) is 17.7 Å². The van der Waals surface area contributed by atoms with E-state index in [0.29, 0.717) is 11.4 Å². The number of pyridine rings is 1. The quantitative estimate of drug-likeness (QED) is 0.867. The average molecular weight is 255 g/mol. The number of amides is 1. The van der Waals surface area contributed by atoms with Gasteiger partial charge >= 0.3 is 0 Å². The molecule has 4 nitrogen and oxygen atoms in total. The third-order valence-electron chi connectivity index (χ3n) is 2.96. The molecule has 0 aliphatic carbocycles. The second-order valence-corrected chi connectivity index (χ2v) is 4.70. The van der Waals surface area contributed by atoms with Crippen molar-refractivity contribution in [2.45, 2.75) is 20.8 Å². The third-order valence-corrected chi connectivity index (χ3v) is 2.96. The number of nitrogens with one attached hydrogen (secondary N) is 1. The third kappa shape index (κ3) is 2.91. The van der Waals surface area contributed by atoms with E-state index in [-0.39, 0.29) is 5.91 Å². The summed E-state index contributed by atoms with van der Waals surface area (Å²) in [5.41, 5.74) is 10.2. The summed E-state index contributed by atoms with van der Waals surface area (Å²) in [7, 11) is 0. The van der Waals surface area contributed by atoms with Gasteiger partial charge in [0.05, 0.1) is 0 Å². The van der Waals surface area contributed by atoms with Gasteiger partial charge in [0.2, 0.25) is 0 Å². The molecule has 1 aromatic heterocycles. The Morgan fingerprint density at radius 1 is 1.16 bits per heavy atom. The first-order chi connectivity index (χ1) is 8.97. The highest BCUT2D eigenvalue weighted by molar-refractivity contribution is 6.05. The zero-order valence-electron chi connectivity index (χ0n) is 11.3. The van der Waals surface area contributed by atoms with E-state index in [1.54, 1.807) is 12.1 Å². The molecule has 0 fully saturated rings. The van der Waals surface area contributed by atoms with Gasteiger partial charge in [0.15, 0.2) is 0 Å². The molecule has 0 spiro atoms. The van der Waals surface area contributed by atoms with Crippen molar-refractivity contribution in [1.82, 2.24) is 4.98 Å². The second-order valence-electron chi connectivity index (χ2n) is 4.70. The predicted octanol–water partition coefficient (Wildman–Crippen LogP) is 2.84. The van der Waals surface area contributed by atoms with E-state index < -0.39 is 0 Å². The van der Waals surface area contributed by atoms with Crippen molar-refractivity contribution in [3.8, 4) is 0 Å². The topological polar surface area (TPSA) is 68.0 Å². The highest BCUT2D eigenvalue weighted by atomic mass is 16.1. The van der Waals surface area contributed by atoms with Crippen LogP contribution < -0.4 is 11.1 Å². The number of carbonyl (C=O) groups excluding carboxylic acids is 1. The van der Waals surface area contributed by atoms with Crippen LogP contribution in [0.3, 0.4) is 0 Å². The normalized spacial score (nSPS) is 10.3. The molecule has 0 unspecified atom stereocenters. The lowest BCUT2D eigenvalue weighted by Gasteiger charge is -2.13. The number of nitrogen functional groups attached to an aromatic ring is 1. The van der Waals surface area contributed by atoms with Crippen LogP contribution in [0.2, 0.25) is 0 Å². The molecule has 98 valence electrons. The molecular formula is C15H17N3O. The van der Waals surface area contributed by atoms with Crippen LogP contribution >= 0.6 is 0 Å². The number of benzene rings is 1. The number of carbonyl (C=O) groups is 1. The highest BCUT2D eigenvalue weighted by Crippen LogP contribution is 2.22. The van der Waals surface area contributed by atoms with Crippen LogP contribution in [0, 0.1) is 20.8 Å². The Labute approximate surface area is 112 Å². The van der Waals surface area contributed by atoms with Gasteiger partial charge in [0.1, 0.15) is 5.82 Å². The first kappa shape index (κ1) is 13.1. The Balaban J connectivity index is 2.29. The van der Waals surface area contributed by atoms with Gasteiger partial charge < -0.3 is 11.1 Å². The maximum atomic E-state index is 12.2. The summed E-state index contributed by atoms with van der Waals surface area (Å²) in [4.78, 5) is 16.0. The van der Waals surface area contributed by atoms with Gasteiger partial charge in [0.25, 0.3) is 5.91 Å². The standard InChI is InChI=1S/C15H17N3O/c1-9-6-10(2)14(11(3)7-9)18-15(19)12-4-5-17-13(16)8-12/h4-8H,1-3H3,(H2,16,17)(H,18,19). The zero-order chi connectivity index (χ0) is 14.0. The molecule has 0 radical (unpaired) electrons. The Kier molecular flexibility index (Phi) is 3.51. The Bertz CT molecular complexity index is 612. The van der Waals surface area contributed by atoms with Crippen molar-refractivity contribution in [3.05, 3.63) is 52.7 Å². The summed E-state index contributed by atoms with van der Waals surface area (Å²) in [6.07, 6.45) is 1.53. The lowest BCUT2D eigenvalue weighted by molar-refractivity contribution is 0.102. The van der Waals surface area contributed by atoms with Crippen LogP contribution in [0.4, 0.5) is 11.5 Å². The summed E-state index contributed by atoms with van der Waals surface area (Å²) in [5, 5.41) is 2.93. The molecule has 0 saturated carbocycles. The van der Waals surface area contributed by atoms with E-state index in [0.717, 1.165) is 16.8 Å². The van der Waals surface area contributed by atoms with Crippen LogP contribution in [0.1, 0.15) is 27.0 Å². The lowest BCUT2D eigenvalue weighted by Crippen LogP contribution is -2.14. The zero-order valence-corrected chi connectivity index (χ0v) is 11.3. The second kappa shape index (κ2) is 5.10. The van der Waals surface area contributed by atoms with E-state index in [1.165, 1.54) is 11.8 Å². The monoisotopic (exact) mass is 255 g/mol. The number of nitrogens with zero attached hydrogens (tertiary/aromatic N) is 1. The first-order valence-corrected chi connectivity index (χ1v) is 6.08. The molecule has 0 atom stereocenters. The van der Waals surface area contributed by atoms with Crippen LogP contribution in [-0.4, -0.2) is 10.9 Å². The van der Waals surface area contributed by atoms with Crippen LogP contribution in [0.5, 0.6) is 0 Å². The fourth-order valence-corrected chi connectivity index (χ4v) is 2.15. The Morgan fingerprint density at radius 2 is 1.79 bits per heavy atom. The minimum Gasteiger partial charge on any atom is -0.384 e. The molecule has 0 bridgehead atoms. The number of hydrogen-bond acceptors (Lipinski definition) is 3. The molecule has 19 heavy (non-hydrogen) atoms. The average Bonchev–Trinajstić information content (AvgIpc) is 2.33. The molecule has 1 heterocycles. The van der Waals surface area contributed by atoms with Gasteiger partial charge in [-0.2, -0.15) is 0 Å². The molecule has 1 amide bonds. The number of aryl methyl sites for hydroxylation is 3. The van der Waals surface area contributed by atoms with Crippen LogP contribution in [0.25, 0.3) is 0 Å². The molecule has 0 aliphatic rings. The molecule has 3 N–H and O–H groups in total. The van der Waals surface area contributed by atoms with Crippen molar-refractivity contribution in [2.75, 3.05) is 11.1 Å². The van der Waals surface area contributed by atoms with Crippen molar-refractivity contribution in [3.63, 3.8) is 0 Å². The Hall–Kier alpha value is -2.36. The van der Waals surface area contributed by atoms with E-state index in [9.17, 15) is 4.79 Å². The Morgan fingerprint density at radius 3 is 2.37 bits per heavy atom. The minimum atomic E-state index is -0.177. The van der Waals surface area contributed by atoms with E-state index >= 15 is 0 Å². The fourth-order valence-electron chi connectivity index (χ4n) is 2.15. The number of anilines is 2.